The molecule has 5 nitrogen and oxygen atoms in total. The molecule has 152 valence electrons. The van der Waals surface area contributed by atoms with Gasteiger partial charge in [0.25, 0.3) is 5.91 Å². The molecule has 2 heterocycles. The Bertz CT molecular complexity index is 957. The van der Waals surface area contributed by atoms with E-state index in [1.54, 1.807) is 6.07 Å². The minimum Gasteiger partial charge on any atom is -0.494 e. The Kier molecular flexibility index (Phi) is 5.07. The quantitative estimate of drug-likeness (QED) is 0.778. The second-order valence-corrected chi connectivity index (χ2v) is 8.09. The van der Waals surface area contributed by atoms with E-state index in [4.69, 9.17) is 9.47 Å². The predicted molar refractivity (Wildman–Crippen MR) is 111 cm³/mol. The average Bonchev–Trinajstić information content (AvgIpc) is 2.67. The molecule has 2 aromatic rings. The van der Waals surface area contributed by atoms with Crippen molar-refractivity contribution in [2.24, 2.45) is 0 Å². The van der Waals surface area contributed by atoms with Gasteiger partial charge in [-0.15, -0.1) is 0 Å². The zero-order chi connectivity index (χ0) is 20.6. The number of carbonyl (C=O) groups is 2. The van der Waals surface area contributed by atoms with Gasteiger partial charge in [-0.25, -0.2) is 0 Å². The lowest BCUT2D eigenvalue weighted by Gasteiger charge is -2.44. The van der Waals surface area contributed by atoms with Crippen LogP contribution in [0.5, 0.6) is 11.5 Å². The fourth-order valence-electron chi connectivity index (χ4n) is 4.48. The number of nitrogens with zero attached hydrogens (tertiary/aromatic N) is 1. The highest BCUT2D eigenvalue weighted by molar-refractivity contribution is 6.02. The number of ether oxygens (including phenoxy) is 2. The van der Waals surface area contributed by atoms with Gasteiger partial charge in [0.05, 0.1) is 18.6 Å². The van der Waals surface area contributed by atoms with E-state index in [0.717, 1.165) is 11.1 Å². The maximum atomic E-state index is 12.9. The number of hydrogen-bond donors (Lipinski definition) is 0. The van der Waals surface area contributed by atoms with Gasteiger partial charge in [0.2, 0.25) is 0 Å². The summed E-state index contributed by atoms with van der Waals surface area (Å²) in [7, 11) is 0. The van der Waals surface area contributed by atoms with Crippen molar-refractivity contribution in [3.8, 4) is 11.5 Å². The summed E-state index contributed by atoms with van der Waals surface area (Å²) in [5.74, 6) is 1.54. The topological polar surface area (TPSA) is 55.8 Å². The van der Waals surface area contributed by atoms with Crippen LogP contribution in [0.25, 0.3) is 0 Å². The molecule has 0 atom stereocenters. The van der Waals surface area contributed by atoms with Crippen LogP contribution in [-0.4, -0.2) is 41.9 Å². The van der Waals surface area contributed by atoms with Crippen LogP contribution in [0.1, 0.15) is 58.0 Å². The number of rotatable bonds is 3. The molecule has 1 spiro atoms. The average molecular weight is 393 g/mol. The Balaban J connectivity index is 1.48. The summed E-state index contributed by atoms with van der Waals surface area (Å²) < 4.78 is 11.9. The number of amides is 1. The summed E-state index contributed by atoms with van der Waals surface area (Å²) in [6.45, 7) is 7.61. The molecule has 5 heteroatoms. The Hall–Kier alpha value is -2.82. The fourth-order valence-corrected chi connectivity index (χ4v) is 4.48. The van der Waals surface area contributed by atoms with Gasteiger partial charge in [0, 0.05) is 31.5 Å². The third-order valence-electron chi connectivity index (χ3n) is 5.89. The van der Waals surface area contributed by atoms with E-state index in [2.05, 4.69) is 0 Å². The van der Waals surface area contributed by atoms with Crippen molar-refractivity contribution in [3.05, 3.63) is 58.7 Å². The molecule has 1 amide bonds. The molecule has 0 radical (unpaired) electrons. The summed E-state index contributed by atoms with van der Waals surface area (Å²) in [4.78, 5) is 27.6. The smallest absolute Gasteiger partial charge is 0.253 e. The highest BCUT2D eigenvalue weighted by atomic mass is 16.5. The van der Waals surface area contributed by atoms with E-state index in [0.29, 0.717) is 61.6 Å². The number of piperidine rings is 1. The first-order valence-corrected chi connectivity index (χ1v) is 10.3. The van der Waals surface area contributed by atoms with E-state index in [1.165, 1.54) is 0 Å². The van der Waals surface area contributed by atoms with Crippen molar-refractivity contribution in [2.75, 3.05) is 19.7 Å². The number of hydrogen-bond acceptors (Lipinski definition) is 4. The summed E-state index contributed by atoms with van der Waals surface area (Å²) in [5, 5.41) is 0. The number of aryl methyl sites for hydroxylation is 2. The molecule has 0 unspecified atom stereocenters. The van der Waals surface area contributed by atoms with Gasteiger partial charge >= 0.3 is 0 Å². The molecule has 29 heavy (non-hydrogen) atoms. The van der Waals surface area contributed by atoms with Crippen molar-refractivity contribution in [2.45, 2.75) is 45.6 Å². The molecule has 1 saturated heterocycles. The summed E-state index contributed by atoms with van der Waals surface area (Å²) in [5.41, 5.74) is 2.90. The first-order valence-electron chi connectivity index (χ1n) is 10.3. The van der Waals surface area contributed by atoms with Crippen LogP contribution in [0.4, 0.5) is 0 Å². The van der Waals surface area contributed by atoms with Crippen LogP contribution >= 0.6 is 0 Å². The Labute approximate surface area is 171 Å². The molecular weight excluding hydrogens is 366 g/mol. The number of likely N-dealkylation sites (tertiary alicyclic amines) is 1. The number of carbonyl (C=O) groups excluding carboxylic acids is 2. The first-order chi connectivity index (χ1) is 13.9. The largest absolute Gasteiger partial charge is 0.494 e. The lowest BCUT2D eigenvalue weighted by Crippen LogP contribution is -2.52. The van der Waals surface area contributed by atoms with Gasteiger partial charge < -0.3 is 14.4 Å². The molecule has 0 saturated carbocycles. The van der Waals surface area contributed by atoms with Crippen LogP contribution in [0.2, 0.25) is 0 Å². The minimum absolute atomic E-state index is 0.00405. The fraction of sp³-hybridized carbons (Fsp3) is 0.417. The summed E-state index contributed by atoms with van der Waals surface area (Å²) in [6, 6.07) is 11.3. The van der Waals surface area contributed by atoms with Crippen LogP contribution in [0.3, 0.4) is 0 Å². The molecule has 0 bridgehead atoms. The Morgan fingerprint density at radius 3 is 2.66 bits per heavy atom. The van der Waals surface area contributed by atoms with Gasteiger partial charge in [-0.3, -0.25) is 9.59 Å². The molecule has 2 aliphatic rings. The van der Waals surface area contributed by atoms with Crippen molar-refractivity contribution >= 4 is 11.7 Å². The third kappa shape index (κ3) is 3.74. The molecule has 0 aromatic heterocycles. The van der Waals surface area contributed by atoms with Crippen molar-refractivity contribution < 1.29 is 19.1 Å². The van der Waals surface area contributed by atoms with Crippen molar-refractivity contribution in [1.29, 1.82) is 0 Å². The van der Waals surface area contributed by atoms with Gasteiger partial charge in [0.15, 0.2) is 5.78 Å². The number of fused-ring (bicyclic) bond motifs is 1. The highest BCUT2D eigenvalue weighted by Crippen LogP contribution is 2.41. The zero-order valence-corrected chi connectivity index (χ0v) is 17.3. The minimum atomic E-state index is -0.506. The molecule has 0 aliphatic carbocycles. The number of ketones is 1. The molecular formula is C24H27NO4. The number of benzene rings is 2. The summed E-state index contributed by atoms with van der Waals surface area (Å²) >= 11 is 0. The Morgan fingerprint density at radius 2 is 1.93 bits per heavy atom. The molecule has 2 aromatic carbocycles. The highest BCUT2D eigenvalue weighted by Gasteiger charge is 2.44. The lowest BCUT2D eigenvalue weighted by molar-refractivity contribution is -0.00582. The van der Waals surface area contributed by atoms with Crippen molar-refractivity contribution in [3.63, 3.8) is 0 Å². The van der Waals surface area contributed by atoms with Gasteiger partial charge in [-0.1, -0.05) is 12.1 Å². The standard InChI is InChI=1S/C24H27NO4/c1-4-28-19-7-5-6-18(14-19)23(27)25-10-8-24(9-11-25)15-20(26)22-17(3)12-16(2)13-21(22)29-24/h5-7,12-14H,4,8-11,15H2,1-3H3. The van der Waals surface area contributed by atoms with E-state index >= 15 is 0 Å². The van der Waals surface area contributed by atoms with Crippen LogP contribution in [0, 0.1) is 13.8 Å². The van der Waals surface area contributed by atoms with E-state index in [9.17, 15) is 9.59 Å². The molecule has 4 rings (SSSR count). The number of Topliss-reactive ketones (excluding diaryl/α,β-unsaturated/α-hetero) is 1. The van der Waals surface area contributed by atoms with Gasteiger partial charge in [-0.2, -0.15) is 0 Å². The van der Waals surface area contributed by atoms with E-state index in [-0.39, 0.29) is 11.7 Å². The monoisotopic (exact) mass is 393 g/mol. The SMILES string of the molecule is CCOc1cccc(C(=O)N2CCC3(CC2)CC(=O)c2c(C)cc(C)cc2O3)c1. The summed E-state index contributed by atoms with van der Waals surface area (Å²) in [6.07, 6.45) is 1.69. The van der Waals surface area contributed by atoms with Crippen molar-refractivity contribution in [1.82, 2.24) is 4.90 Å². The second kappa shape index (κ2) is 7.54. The zero-order valence-electron chi connectivity index (χ0n) is 17.3. The molecule has 0 N–H and O–H groups in total. The normalized spacial score (nSPS) is 17.6. The first kappa shape index (κ1) is 19.5. The molecule has 2 aliphatic heterocycles. The maximum Gasteiger partial charge on any atom is 0.253 e. The maximum absolute atomic E-state index is 12.9. The van der Waals surface area contributed by atoms with Crippen LogP contribution < -0.4 is 9.47 Å². The van der Waals surface area contributed by atoms with E-state index < -0.39 is 5.60 Å². The van der Waals surface area contributed by atoms with Crippen LogP contribution in [0.15, 0.2) is 36.4 Å². The lowest BCUT2D eigenvalue weighted by atomic mass is 9.81. The predicted octanol–water partition coefficient (Wildman–Crippen LogP) is 4.34. The third-order valence-corrected chi connectivity index (χ3v) is 5.89. The van der Waals surface area contributed by atoms with Gasteiger partial charge in [-0.05, 0) is 56.2 Å². The second-order valence-electron chi connectivity index (χ2n) is 8.09. The van der Waals surface area contributed by atoms with Crippen LogP contribution in [-0.2, 0) is 0 Å². The van der Waals surface area contributed by atoms with Gasteiger partial charge in [0.1, 0.15) is 17.1 Å². The molecule has 1 fully saturated rings. The Morgan fingerprint density at radius 1 is 1.17 bits per heavy atom. The van der Waals surface area contributed by atoms with E-state index in [1.807, 2.05) is 56.0 Å².